The molecule has 426 valence electrons. The van der Waals surface area contributed by atoms with Gasteiger partial charge in [0.1, 0.15) is 13.2 Å². The van der Waals surface area contributed by atoms with E-state index in [0.29, 0.717) is 95.9 Å². The van der Waals surface area contributed by atoms with Crippen molar-refractivity contribution in [2.24, 2.45) is 17.3 Å². The topological polar surface area (TPSA) is 129 Å². The zero-order chi connectivity index (χ0) is 52.9. The Morgan fingerprint density at radius 2 is 0.712 bits per heavy atom. The van der Waals surface area contributed by atoms with Crippen molar-refractivity contribution in [2.75, 3.05) is 59.2 Å². The lowest BCUT2D eigenvalue weighted by Gasteiger charge is -2.41. The van der Waals surface area contributed by atoms with Gasteiger partial charge in [0.15, 0.2) is 0 Å². The third-order valence-electron chi connectivity index (χ3n) is 15.9. The fourth-order valence-electron chi connectivity index (χ4n) is 10.7. The highest BCUT2D eigenvalue weighted by Gasteiger charge is 2.39. The minimum absolute atomic E-state index is 0.139. The molecule has 0 aliphatic carbocycles. The molecule has 73 heavy (non-hydrogen) atoms. The molecule has 1 amide bonds. The van der Waals surface area contributed by atoms with Gasteiger partial charge in [-0.15, -0.1) is 0 Å². The van der Waals surface area contributed by atoms with Gasteiger partial charge in [0.05, 0.1) is 13.2 Å². The fraction of sp³-hybridized carbons (Fsp3) is 0.919. The van der Waals surface area contributed by atoms with E-state index in [1.165, 1.54) is 154 Å². The summed E-state index contributed by atoms with van der Waals surface area (Å²) in [5.41, 5.74) is -0.563. The highest BCUT2D eigenvalue weighted by Crippen LogP contribution is 2.34. The number of ether oxygens (including phenoxy) is 4. The summed E-state index contributed by atoms with van der Waals surface area (Å²) in [5, 5.41) is 0. The molecule has 0 radical (unpaired) electrons. The zero-order valence-electron chi connectivity index (χ0n) is 48.1. The quantitative estimate of drug-likeness (QED) is 0.0330. The molecule has 0 saturated carbocycles. The van der Waals surface area contributed by atoms with E-state index < -0.39 is 5.41 Å². The lowest BCUT2D eigenvalue weighted by atomic mass is 9.79. The van der Waals surface area contributed by atoms with Crippen molar-refractivity contribution in [3.05, 3.63) is 0 Å². The van der Waals surface area contributed by atoms with Gasteiger partial charge >= 0.3 is 23.9 Å². The highest BCUT2D eigenvalue weighted by molar-refractivity contribution is 5.76. The Kier molecular flexibility index (Phi) is 41.4. The minimum atomic E-state index is -0.563. The number of unbranched alkanes of at least 4 members (excludes halogenated alkanes) is 20. The summed E-state index contributed by atoms with van der Waals surface area (Å²) >= 11 is 0. The highest BCUT2D eigenvalue weighted by atomic mass is 16.6. The van der Waals surface area contributed by atoms with Gasteiger partial charge in [-0.05, 0) is 102 Å². The van der Waals surface area contributed by atoms with Crippen molar-refractivity contribution in [3.63, 3.8) is 0 Å². The number of hydrogen-bond acceptors (Lipinski definition) is 10. The van der Waals surface area contributed by atoms with Gasteiger partial charge in [0.25, 0.3) is 0 Å². The van der Waals surface area contributed by atoms with Crippen molar-refractivity contribution in [2.45, 2.75) is 291 Å². The first-order valence-corrected chi connectivity index (χ1v) is 31.3. The number of esters is 4. The predicted molar refractivity (Wildman–Crippen MR) is 298 cm³/mol. The number of likely N-dealkylation sites (tertiary alicyclic amines) is 2. The van der Waals surface area contributed by atoms with Crippen LogP contribution in [0.5, 0.6) is 0 Å². The summed E-state index contributed by atoms with van der Waals surface area (Å²) in [6.07, 6.45) is 41.6. The average Bonchev–Trinajstić information content (AvgIpc) is 3.68. The first-order chi connectivity index (χ1) is 35.6. The van der Waals surface area contributed by atoms with Crippen molar-refractivity contribution in [3.8, 4) is 0 Å². The molecular formula is C62H114N2O9. The summed E-state index contributed by atoms with van der Waals surface area (Å²) in [5.74, 6) is 0.182. The Morgan fingerprint density at radius 3 is 1.10 bits per heavy atom. The van der Waals surface area contributed by atoms with Crippen molar-refractivity contribution >= 4 is 29.8 Å². The lowest BCUT2D eigenvalue weighted by molar-refractivity contribution is -0.159. The summed E-state index contributed by atoms with van der Waals surface area (Å²) in [6.45, 7) is 14.3. The summed E-state index contributed by atoms with van der Waals surface area (Å²) < 4.78 is 23.4. The molecule has 11 nitrogen and oxygen atoms in total. The molecule has 0 aromatic heterocycles. The normalized spacial score (nSPS) is 15.9. The van der Waals surface area contributed by atoms with Crippen LogP contribution in [-0.2, 0) is 42.9 Å². The van der Waals surface area contributed by atoms with Crippen LogP contribution in [0.3, 0.4) is 0 Å². The largest absolute Gasteiger partial charge is 0.465 e. The van der Waals surface area contributed by atoms with E-state index in [2.05, 4.69) is 32.6 Å². The lowest BCUT2D eigenvalue weighted by Crippen LogP contribution is -2.48. The second-order valence-electron chi connectivity index (χ2n) is 22.7. The third-order valence-corrected chi connectivity index (χ3v) is 15.9. The second-order valence-corrected chi connectivity index (χ2v) is 22.7. The zero-order valence-corrected chi connectivity index (χ0v) is 48.1. The van der Waals surface area contributed by atoms with Gasteiger partial charge < -0.3 is 28.7 Å². The monoisotopic (exact) mass is 1030 g/mol. The molecule has 2 aliphatic heterocycles. The minimum Gasteiger partial charge on any atom is -0.465 e. The van der Waals surface area contributed by atoms with Crippen LogP contribution in [0.1, 0.15) is 291 Å². The molecule has 11 heteroatoms. The number of hydrogen-bond donors (Lipinski definition) is 0. The average molecular weight is 1030 g/mol. The fourth-order valence-corrected chi connectivity index (χ4v) is 10.7. The van der Waals surface area contributed by atoms with Gasteiger partial charge in [0, 0.05) is 57.2 Å². The molecule has 0 aromatic rings. The Hall–Kier alpha value is -2.69. The van der Waals surface area contributed by atoms with E-state index in [1.807, 2.05) is 4.90 Å². The molecule has 2 heterocycles. The maximum absolute atomic E-state index is 13.4. The molecule has 2 atom stereocenters. The van der Waals surface area contributed by atoms with Gasteiger partial charge in [-0.1, -0.05) is 182 Å². The Balaban J connectivity index is 1.80. The maximum Gasteiger partial charge on any atom is 0.305 e. The molecule has 0 spiro atoms. The standard InChI is InChI=1S/C62H114N2O9/c1-5-9-13-17-19-27-37-55(35-25-15-11-7-3)51-70-58(66)39-29-23-31-41-60(68)72-53-62(44-49-64(50-45-62)57(65)43-48-63-46-33-21-22-34-47-63)54-73-61(69)42-32-24-30-40-59(67)71-52-56(36-26-16-12-8-4)38-28-20-18-14-10-6-2/h55-56H,5-54H2,1-4H3. The third kappa shape index (κ3) is 36.1. The number of rotatable bonds is 47. The molecule has 2 rings (SSSR count). The smallest absolute Gasteiger partial charge is 0.305 e. The molecular weight excluding hydrogens is 917 g/mol. The van der Waals surface area contributed by atoms with Crippen LogP contribution in [0.15, 0.2) is 0 Å². The first kappa shape index (κ1) is 66.4. The second kappa shape index (κ2) is 45.5. The SMILES string of the molecule is CCCCCCCCC(CCCCCC)COC(=O)CCCCCC(=O)OCC1(COC(=O)CCCCCC(=O)OCC(CCCCCC)CCCCCCCC)CCN(C(=O)CCN2CCCCCC2)CC1. The van der Waals surface area contributed by atoms with Crippen LogP contribution in [-0.4, -0.2) is 98.7 Å². The Labute approximate surface area is 448 Å². The first-order valence-electron chi connectivity index (χ1n) is 31.3. The summed E-state index contributed by atoms with van der Waals surface area (Å²) in [7, 11) is 0. The van der Waals surface area contributed by atoms with Crippen LogP contribution in [0.4, 0.5) is 0 Å². The molecule has 0 N–H and O–H groups in total. The number of carbonyl (C=O) groups excluding carboxylic acids is 5. The molecule has 2 unspecified atom stereocenters. The van der Waals surface area contributed by atoms with E-state index in [4.69, 9.17) is 18.9 Å². The van der Waals surface area contributed by atoms with E-state index >= 15 is 0 Å². The van der Waals surface area contributed by atoms with Crippen LogP contribution in [0, 0.1) is 17.3 Å². The maximum atomic E-state index is 13.4. The van der Waals surface area contributed by atoms with Crippen molar-refractivity contribution < 1.29 is 42.9 Å². The van der Waals surface area contributed by atoms with E-state index in [1.54, 1.807) is 0 Å². The van der Waals surface area contributed by atoms with E-state index in [9.17, 15) is 24.0 Å². The molecule has 2 saturated heterocycles. The molecule has 0 bridgehead atoms. The predicted octanol–water partition coefficient (Wildman–Crippen LogP) is 15.6. The Bertz CT molecular complexity index is 1300. The van der Waals surface area contributed by atoms with E-state index in [0.717, 1.165) is 58.2 Å². The summed E-state index contributed by atoms with van der Waals surface area (Å²) in [6, 6.07) is 0. The number of piperidine rings is 1. The van der Waals surface area contributed by atoms with Crippen LogP contribution < -0.4 is 0 Å². The molecule has 2 aliphatic rings. The van der Waals surface area contributed by atoms with Crippen LogP contribution in [0.2, 0.25) is 0 Å². The summed E-state index contributed by atoms with van der Waals surface area (Å²) in [4.78, 5) is 69.4. The van der Waals surface area contributed by atoms with Crippen molar-refractivity contribution in [1.29, 1.82) is 0 Å². The molecule has 0 aromatic carbocycles. The van der Waals surface area contributed by atoms with E-state index in [-0.39, 0.29) is 55.8 Å². The van der Waals surface area contributed by atoms with Gasteiger partial charge in [-0.3, -0.25) is 24.0 Å². The molecule has 2 fully saturated rings. The van der Waals surface area contributed by atoms with Gasteiger partial charge in [0.2, 0.25) is 5.91 Å². The number of amides is 1. The number of nitrogens with zero attached hydrogens (tertiary/aromatic N) is 2. The number of carbonyl (C=O) groups is 5. The Morgan fingerprint density at radius 1 is 0.384 bits per heavy atom. The van der Waals surface area contributed by atoms with Gasteiger partial charge in [-0.25, -0.2) is 0 Å². The van der Waals surface area contributed by atoms with Crippen LogP contribution in [0.25, 0.3) is 0 Å². The van der Waals surface area contributed by atoms with Crippen molar-refractivity contribution in [1.82, 2.24) is 9.80 Å². The van der Waals surface area contributed by atoms with Gasteiger partial charge in [-0.2, -0.15) is 0 Å². The van der Waals surface area contributed by atoms with Crippen LogP contribution >= 0.6 is 0 Å².